The van der Waals surface area contributed by atoms with Crippen LogP contribution in [0.5, 0.6) is 0 Å². The van der Waals surface area contributed by atoms with E-state index in [1.165, 1.54) is 12.8 Å². The molecule has 0 amide bonds. The fourth-order valence-electron chi connectivity index (χ4n) is 2.50. The van der Waals surface area contributed by atoms with Gasteiger partial charge in [0.05, 0.1) is 11.7 Å². The molecule has 0 aromatic carbocycles. The van der Waals surface area contributed by atoms with Crippen LogP contribution in [0.15, 0.2) is 0 Å². The monoisotopic (exact) mass is 200 g/mol. The summed E-state index contributed by atoms with van der Waals surface area (Å²) in [6.07, 6.45) is 5.07. The van der Waals surface area contributed by atoms with Gasteiger partial charge in [-0.3, -0.25) is 0 Å². The summed E-state index contributed by atoms with van der Waals surface area (Å²) >= 11 is 0. The minimum Gasteiger partial charge on any atom is -0.390 e. The van der Waals surface area contributed by atoms with Gasteiger partial charge < -0.3 is 9.84 Å². The van der Waals surface area contributed by atoms with Gasteiger partial charge in [0.15, 0.2) is 0 Å². The lowest BCUT2D eigenvalue weighted by molar-refractivity contribution is -0.121. The molecule has 1 saturated carbocycles. The van der Waals surface area contributed by atoms with Gasteiger partial charge in [-0.2, -0.15) is 0 Å². The van der Waals surface area contributed by atoms with Crippen LogP contribution in [0.1, 0.15) is 52.9 Å². The van der Waals surface area contributed by atoms with Gasteiger partial charge in [-0.1, -0.05) is 26.7 Å². The Balaban J connectivity index is 2.56. The smallest absolute Gasteiger partial charge is 0.0940 e. The molecule has 0 aromatic rings. The van der Waals surface area contributed by atoms with Crippen molar-refractivity contribution in [2.24, 2.45) is 5.92 Å². The number of aliphatic hydroxyl groups excluding tert-OH is 1. The van der Waals surface area contributed by atoms with Crippen molar-refractivity contribution in [2.45, 2.75) is 64.6 Å². The molecule has 0 aromatic heterocycles. The largest absolute Gasteiger partial charge is 0.390 e. The maximum Gasteiger partial charge on any atom is 0.0940 e. The number of rotatable bonds is 5. The van der Waals surface area contributed by atoms with Crippen LogP contribution in [0.25, 0.3) is 0 Å². The molecule has 84 valence electrons. The van der Waals surface area contributed by atoms with Crippen molar-refractivity contribution in [3.05, 3.63) is 0 Å². The number of hydrogen-bond donors (Lipinski definition) is 1. The normalized spacial score (nSPS) is 22.9. The Bertz CT molecular complexity index is 160. The van der Waals surface area contributed by atoms with Crippen LogP contribution in [0.4, 0.5) is 0 Å². The SMILES string of the molecule is CCOC1(C(O)CC(C)C)CCCC1. The zero-order valence-electron chi connectivity index (χ0n) is 9.75. The fourth-order valence-corrected chi connectivity index (χ4v) is 2.50. The molecule has 0 heterocycles. The van der Waals surface area contributed by atoms with Crippen molar-refractivity contribution in [3.8, 4) is 0 Å². The lowest BCUT2D eigenvalue weighted by Gasteiger charge is -2.35. The zero-order valence-corrected chi connectivity index (χ0v) is 9.75. The van der Waals surface area contributed by atoms with E-state index in [4.69, 9.17) is 4.74 Å². The first-order chi connectivity index (χ1) is 6.60. The van der Waals surface area contributed by atoms with Gasteiger partial charge in [-0.05, 0) is 32.1 Å². The summed E-state index contributed by atoms with van der Waals surface area (Å²) in [5.74, 6) is 0.544. The van der Waals surface area contributed by atoms with Gasteiger partial charge in [-0.25, -0.2) is 0 Å². The molecule has 1 N–H and O–H groups in total. The van der Waals surface area contributed by atoms with Crippen molar-refractivity contribution < 1.29 is 9.84 Å². The number of ether oxygens (including phenoxy) is 1. The fraction of sp³-hybridized carbons (Fsp3) is 1.00. The molecule has 14 heavy (non-hydrogen) atoms. The summed E-state index contributed by atoms with van der Waals surface area (Å²) in [7, 11) is 0. The van der Waals surface area contributed by atoms with E-state index in [0.29, 0.717) is 5.92 Å². The summed E-state index contributed by atoms with van der Waals surface area (Å²) in [6.45, 7) is 7.03. The highest BCUT2D eigenvalue weighted by Gasteiger charge is 2.41. The van der Waals surface area contributed by atoms with Crippen LogP contribution in [-0.2, 0) is 4.74 Å². The first-order valence-corrected chi connectivity index (χ1v) is 5.93. The Hall–Kier alpha value is -0.0800. The molecule has 1 unspecified atom stereocenters. The molecular formula is C12H24O2. The Morgan fingerprint density at radius 2 is 1.86 bits per heavy atom. The van der Waals surface area contributed by atoms with E-state index in [1.54, 1.807) is 0 Å². The first-order valence-electron chi connectivity index (χ1n) is 5.93. The highest BCUT2D eigenvalue weighted by molar-refractivity contribution is 4.93. The summed E-state index contributed by atoms with van der Waals surface area (Å²) < 4.78 is 5.80. The van der Waals surface area contributed by atoms with Gasteiger partial charge in [0.25, 0.3) is 0 Å². The second-order valence-electron chi connectivity index (χ2n) is 4.85. The third-order valence-electron chi connectivity index (χ3n) is 3.18. The molecule has 2 heteroatoms. The van der Waals surface area contributed by atoms with Gasteiger partial charge >= 0.3 is 0 Å². The van der Waals surface area contributed by atoms with Crippen LogP contribution >= 0.6 is 0 Å². The quantitative estimate of drug-likeness (QED) is 0.739. The second kappa shape index (κ2) is 5.13. The zero-order chi connectivity index (χ0) is 10.6. The molecule has 1 aliphatic carbocycles. The van der Waals surface area contributed by atoms with Gasteiger partial charge in [0.1, 0.15) is 0 Å². The lowest BCUT2D eigenvalue weighted by Crippen LogP contribution is -2.43. The Morgan fingerprint density at radius 3 is 2.29 bits per heavy atom. The molecule has 1 aliphatic rings. The van der Waals surface area contributed by atoms with Crippen LogP contribution in [0.3, 0.4) is 0 Å². The van der Waals surface area contributed by atoms with Crippen LogP contribution < -0.4 is 0 Å². The molecule has 0 spiro atoms. The van der Waals surface area contributed by atoms with E-state index in [-0.39, 0.29) is 11.7 Å². The molecule has 2 nitrogen and oxygen atoms in total. The third kappa shape index (κ3) is 2.71. The molecule has 1 rings (SSSR count). The summed E-state index contributed by atoms with van der Waals surface area (Å²) in [5.41, 5.74) is -0.209. The molecule has 0 saturated heterocycles. The summed E-state index contributed by atoms with van der Waals surface area (Å²) in [6, 6.07) is 0. The summed E-state index contributed by atoms with van der Waals surface area (Å²) in [4.78, 5) is 0. The topological polar surface area (TPSA) is 29.5 Å². The molecule has 0 bridgehead atoms. The van der Waals surface area contributed by atoms with E-state index in [2.05, 4.69) is 13.8 Å². The van der Waals surface area contributed by atoms with Crippen LogP contribution in [-0.4, -0.2) is 23.4 Å². The molecular weight excluding hydrogens is 176 g/mol. The minimum absolute atomic E-state index is 0.209. The van der Waals surface area contributed by atoms with E-state index in [9.17, 15) is 5.11 Å². The van der Waals surface area contributed by atoms with E-state index in [1.807, 2.05) is 6.92 Å². The maximum absolute atomic E-state index is 10.2. The van der Waals surface area contributed by atoms with Crippen molar-refractivity contribution in [1.29, 1.82) is 0 Å². The van der Waals surface area contributed by atoms with Crippen molar-refractivity contribution in [1.82, 2.24) is 0 Å². The van der Waals surface area contributed by atoms with Crippen LogP contribution in [0, 0.1) is 5.92 Å². The number of hydrogen-bond acceptors (Lipinski definition) is 2. The van der Waals surface area contributed by atoms with Gasteiger partial charge in [-0.15, -0.1) is 0 Å². The minimum atomic E-state index is -0.273. The predicted molar refractivity (Wildman–Crippen MR) is 58.3 cm³/mol. The highest BCUT2D eigenvalue weighted by Crippen LogP contribution is 2.38. The van der Waals surface area contributed by atoms with Crippen molar-refractivity contribution >= 4 is 0 Å². The van der Waals surface area contributed by atoms with Gasteiger partial charge in [0, 0.05) is 6.61 Å². The Morgan fingerprint density at radius 1 is 1.29 bits per heavy atom. The molecule has 0 aliphatic heterocycles. The Kier molecular flexibility index (Phi) is 4.39. The van der Waals surface area contributed by atoms with E-state index in [0.717, 1.165) is 25.9 Å². The van der Waals surface area contributed by atoms with Crippen LogP contribution in [0.2, 0.25) is 0 Å². The van der Waals surface area contributed by atoms with Crippen molar-refractivity contribution in [3.63, 3.8) is 0 Å². The van der Waals surface area contributed by atoms with E-state index < -0.39 is 0 Å². The predicted octanol–water partition coefficient (Wildman–Crippen LogP) is 2.74. The number of aliphatic hydroxyl groups is 1. The lowest BCUT2D eigenvalue weighted by atomic mass is 9.88. The third-order valence-corrected chi connectivity index (χ3v) is 3.18. The summed E-state index contributed by atoms with van der Waals surface area (Å²) in [5, 5.41) is 10.2. The maximum atomic E-state index is 10.2. The average molecular weight is 200 g/mol. The van der Waals surface area contributed by atoms with E-state index >= 15 is 0 Å². The molecule has 0 radical (unpaired) electrons. The first kappa shape index (κ1) is 12.0. The highest BCUT2D eigenvalue weighted by atomic mass is 16.5. The standard InChI is InChI=1S/C12H24O2/c1-4-14-12(7-5-6-8-12)11(13)9-10(2)3/h10-11,13H,4-9H2,1-3H3. The average Bonchev–Trinajstić information content (AvgIpc) is 2.53. The second-order valence-corrected chi connectivity index (χ2v) is 4.85. The van der Waals surface area contributed by atoms with Gasteiger partial charge in [0.2, 0.25) is 0 Å². The molecule has 1 atom stereocenters. The molecule has 1 fully saturated rings. The Labute approximate surface area is 87.7 Å². The van der Waals surface area contributed by atoms with Crippen molar-refractivity contribution in [2.75, 3.05) is 6.61 Å².